The van der Waals surface area contributed by atoms with Gasteiger partial charge in [0, 0.05) is 23.9 Å². The lowest BCUT2D eigenvalue weighted by molar-refractivity contribution is 0.587. The minimum Gasteiger partial charge on any atom is -0.323 e. The number of nitrogens with zero attached hydrogens (tertiary/aromatic N) is 2. The van der Waals surface area contributed by atoms with E-state index in [9.17, 15) is 0 Å². The number of aromatic nitrogens is 2. The molecule has 2 rings (SSSR count). The molecule has 1 atom stereocenters. The van der Waals surface area contributed by atoms with Crippen molar-refractivity contribution < 1.29 is 0 Å². The van der Waals surface area contributed by atoms with Gasteiger partial charge in [0.05, 0.1) is 20.9 Å². The van der Waals surface area contributed by atoms with Crippen molar-refractivity contribution in [3.8, 4) is 0 Å². The van der Waals surface area contributed by atoms with Gasteiger partial charge >= 0.3 is 0 Å². The summed E-state index contributed by atoms with van der Waals surface area (Å²) in [6.07, 6.45) is 1.65. The van der Waals surface area contributed by atoms with Crippen LogP contribution in [0.2, 0.25) is 5.02 Å². The molecule has 0 aromatic carbocycles. The van der Waals surface area contributed by atoms with Crippen molar-refractivity contribution in [1.82, 2.24) is 9.78 Å². The largest absolute Gasteiger partial charge is 0.323 e. The Hall–Kier alpha value is -0.360. The van der Waals surface area contributed by atoms with Gasteiger partial charge in [0.25, 0.3) is 0 Å². The van der Waals surface area contributed by atoms with Crippen LogP contribution < -0.4 is 5.73 Å². The molecular formula is C13H17BrClN3S. The van der Waals surface area contributed by atoms with Crippen molar-refractivity contribution in [1.29, 1.82) is 0 Å². The van der Waals surface area contributed by atoms with E-state index in [2.05, 4.69) is 34.9 Å². The maximum Gasteiger partial charge on any atom is 0.0766 e. The van der Waals surface area contributed by atoms with E-state index in [4.69, 9.17) is 17.3 Å². The number of aryl methyl sites for hydroxylation is 2. The summed E-state index contributed by atoms with van der Waals surface area (Å²) < 4.78 is 3.10. The fraction of sp³-hybridized carbons (Fsp3) is 0.462. The molecule has 2 N–H and O–H groups in total. The summed E-state index contributed by atoms with van der Waals surface area (Å²) in [5, 5.41) is 7.32. The number of nitrogens with two attached hydrogens (primary N) is 1. The molecule has 2 aromatic rings. The molecule has 2 aromatic heterocycles. The second-order valence-corrected chi connectivity index (χ2v) is 6.47. The van der Waals surface area contributed by atoms with Crippen molar-refractivity contribution >= 4 is 38.9 Å². The van der Waals surface area contributed by atoms with Crippen molar-refractivity contribution in [3.05, 3.63) is 37.2 Å². The highest BCUT2D eigenvalue weighted by Crippen LogP contribution is 2.32. The van der Waals surface area contributed by atoms with Crippen LogP contribution >= 0.6 is 38.9 Å². The van der Waals surface area contributed by atoms with Crippen LogP contribution in [0.1, 0.15) is 36.2 Å². The molecule has 0 saturated heterocycles. The van der Waals surface area contributed by atoms with Gasteiger partial charge in [-0.15, -0.1) is 11.3 Å². The highest BCUT2D eigenvalue weighted by atomic mass is 79.9. The molecule has 0 fully saturated rings. The highest BCUT2D eigenvalue weighted by Gasteiger charge is 2.19. The lowest BCUT2D eigenvalue weighted by Gasteiger charge is -2.12. The third-order valence-corrected chi connectivity index (χ3v) is 5.49. The second-order valence-electron chi connectivity index (χ2n) is 4.32. The topological polar surface area (TPSA) is 43.8 Å². The van der Waals surface area contributed by atoms with Crippen LogP contribution in [0.4, 0.5) is 0 Å². The predicted molar refractivity (Wildman–Crippen MR) is 84.9 cm³/mol. The second kappa shape index (κ2) is 6.39. The number of hydrogen-bond acceptors (Lipinski definition) is 3. The molecule has 104 valence electrons. The van der Waals surface area contributed by atoms with Gasteiger partial charge in [-0.25, -0.2) is 0 Å². The van der Waals surface area contributed by atoms with Crippen molar-refractivity contribution in [2.45, 2.75) is 39.3 Å². The zero-order chi connectivity index (χ0) is 14.0. The molecule has 0 spiro atoms. The summed E-state index contributed by atoms with van der Waals surface area (Å²) in [6.45, 7) is 5.04. The first-order valence-corrected chi connectivity index (χ1v) is 8.36. The minimum absolute atomic E-state index is 0.0875. The molecule has 0 radical (unpaired) electrons. The summed E-state index contributed by atoms with van der Waals surface area (Å²) in [7, 11) is 0. The number of rotatable bonds is 5. The van der Waals surface area contributed by atoms with Gasteiger partial charge in [-0.2, -0.15) is 5.10 Å². The van der Waals surface area contributed by atoms with Crippen LogP contribution in [0.5, 0.6) is 0 Å². The summed E-state index contributed by atoms with van der Waals surface area (Å²) in [5.74, 6) is 0. The van der Waals surface area contributed by atoms with Crippen molar-refractivity contribution in [2.24, 2.45) is 5.73 Å². The zero-order valence-corrected chi connectivity index (χ0v) is 14.1. The Morgan fingerprint density at radius 3 is 2.79 bits per heavy atom. The van der Waals surface area contributed by atoms with Gasteiger partial charge in [0.15, 0.2) is 0 Å². The number of thiophene rings is 1. The lowest BCUT2D eigenvalue weighted by atomic mass is 10.1. The maximum atomic E-state index is 6.28. The van der Waals surface area contributed by atoms with E-state index >= 15 is 0 Å². The molecule has 0 bridgehead atoms. The molecule has 0 saturated carbocycles. The Morgan fingerprint density at radius 2 is 2.26 bits per heavy atom. The summed E-state index contributed by atoms with van der Waals surface area (Å²) in [6, 6.07) is 1.81. The fourth-order valence-corrected chi connectivity index (χ4v) is 4.01. The van der Waals surface area contributed by atoms with E-state index in [0.29, 0.717) is 0 Å². The standard InChI is InChI=1S/C13H17BrClN3S/c1-3-10-12(14)11(18(4-2)17-10)7-9(16)13-8(15)5-6-19-13/h5-6,9H,3-4,7,16H2,1-2H3. The summed E-state index contributed by atoms with van der Waals surface area (Å²) >= 11 is 11.4. The average Bonchev–Trinajstić information content (AvgIpc) is 2.95. The van der Waals surface area contributed by atoms with Crippen LogP contribution in [-0.2, 0) is 19.4 Å². The summed E-state index contributed by atoms with van der Waals surface area (Å²) in [4.78, 5) is 1.04. The average molecular weight is 363 g/mol. The maximum absolute atomic E-state index is 6.28. The predicted octanol–water partition coefficient (Wildman–Crippen LogP) is 4.19. The SMILES string of the molecule is CCc1nn(CC)c(CC(N)c2sccc2Cl)c1Br. The van der Waals surface area contributed by atoms with Crippen LogP contribution in [0.25, 0.3) is 0 Å². The molecule has 6 heteroatoms. The molecule has 3 nitrogen and oxygen atoms in total. The van der Waals surface area contributed by atoms with Crippen molar-refractivity contribution in [3.63, 3.8) is 0 Å². The molecule has 0 aliphatic rings. The first kappa shape index (κ1) is 15.0. The first-order chi connectivity index (χ1) is 9.08. The molecule has 0 amide bonds. The Bertz CT molecular complexity index is 564. The molecule has 0 aliphatic heterocycles. The molecule has 1 unspecified atom stereocenters. The van der Waals surface area contributed by atoms with E-state index in [1.54, 1.807) is 11.3 Å². The monoisotopic (exact) mass is 361 g/mol. The van der Waals surface area contributed by atoms with Gasteiger partial charge in [-0.3, -0.25) is 4.68 Å². The summed E-state index contributed by atoms with van der Waals surface area (Å²) in [5.41, 5.74) is 8.51. The highest BCUT2D eigenvalue weighted by molar-refractivity contribution is 9.10. The zero-order valence-electron chi connectivity index (χ0n) is 11.0. The van der Waals surface area contributed by atoms with Crippen LogP contribution in [0.3, 0.4) is 0 Å². The van der Waals surface area contributed by atoms with Crippen LogP contribution in [0.15, 0.2) is 15.9 Å². The lowest BCUT2D eigenvalue weighted by Crippen LogP contribution is -2.15. The number of halogens is 2. The number of hydrogen-bond donors (Lipinski definition) is 1. The Morgan fingerprint density at radius 1 is 1.53 bits per heavy atom. The minimum atomic E-state index is -0.0875. The molecule has 0 aliphatic carbocycles. The normalized spacial score (nSPS) is 12.9. The van der Waals surface area contributed by atoms with Gasteiger partial charge < -0.3 is 5.73 Å². The Labute approximate surface area is 130 Å². The van der Waals surface area contributed by atoms with E-state index in [0.717, 1.165) is 45.1 Å². The molecular weight excluding hydrogens is 346 g/mol. The Balaban J connectivity index is 2.28. The smallest absolute Gasteiger partial charge is 0.0766 e. The molecule has 19 heavy (non-hydrogen) atoms. The van der Waals surface area contributed by atoms with E-state index in [1.807, 2.05) is 16.1 Å². The first-order valence-electron chi connectivity index (χ1n) is 6.30. The van der Waals surface area contributed by atoms with Crippen molar-refractivity contribution in [2.75, 3.05) is 0 Å². The third-order valence-electron chi connectivity index (χ3n) is 3.09. The van der Waals surface area contributed by atoms with E-state index in [-0.39, 0.29) is 6.04 Å². The van der Waals surface area contributed by atoms with Gasteiger partial charge in [-0.1, -0.05) is 18.5 Å². The van der Waals surface area contributed by atoms with E-state index < -0.39 is 0 Å². The van der Waals surface area contributed by atoms with Gasteiger partial charge in [0.1, 0.15) is 0 Å². The van der Waals surface area contributed by atoms with Crippen LogP contribution in [0, 0.1) is 0 Å². The van der Waals surface area contributed by atoms with Gasteiger partial charge in [-0.05, 0) is 40.7 Å². The quantitative estimate of drug-likeness (QED) is 0.867. The van der Waals surface area contributed by atoms with Gasteiger partial charge in [0.2, 0.25) is 0 Å². The third kappa shape index (κ3) is 3.05. The fourth-order valence-electron chi connectivity index (χ4n) is 2.08. The van der Waals surface area contributed by atoms with E-state index in [1.165, 1.54) is 0 Å². The van der Waals surface area contributed by atoms with Crippen LogP contribution in [-0.4, -0.2) is 9.78 Å². The Kier molecular flexibility index (Phi) is 5.06. The molecule has 2 heterocycles.